The molecule has 1 unspecified atom stereocenters. The number of amides is 1. The normalized spacial score (nSPS) is 24.8. The maximum Gasteiger partial charge on any atom is 0.295 e. The fourth-order valence-corrected chi connectivity index (χ4v) is 2.72. The number of nitro groups is 1. The summed E-state index contributed by atoms with van der Waals surface area (Å²) in [6.45, 7) is 5.47. The number of hydrogen-bond donors (Lipinski definition) is 2. The van der Waals surface area contributed by atoms with E-state index in [0.717, 1.165) is 17.0 Å². The summed E-state index contributed by atoms with van der Waals surface area (Å²) in [6.07, 6.45) is 0.124. The zero-order chi connectivity index (χ0) is 16.3. The maximum absolute atomic E-state index is 13.1. The smallest absolute Gasteiger partial charge is 0.295 e. The van der Waals surface area contributed by atoms with Gasteiger partial charge < -0.3 is 15.0 Å². The van der Waals surface area contributed by atoms with Crippen LogP contribution in [0.1, 0.15) is 13.8 Å². The zero-order valence-corrected chi connectivity index (χ0v) is 12.5. The van der Waals surface area contributed by atoms with Crippen LogP contribution in [0, 0.1) is 15.9 Å². The van der Waals surface area contributed by atoms with E-state index in [1.807, 2.05) is 13.8 Å². The molecule has 120 valence electrons. The van der Waals surface area contributed by atoms with E-state index in [0.29, 0.717) is 13.1 Å². The Kier molecular flexibility index (Phi) is 5.04. The molecule has 1 fully saturated rings. The molecule has 1 heterocycles. The fourth-order valence-electron chi connectivity index (χ4n) is 2.72. The molecule has 1 aliphatic rings. The molecule has 1 saturated heterocycles. The van der Waals surface area contributed by atoms with Gasteiger partial charge in [-0.05, 0) is 26.0 Å². The quantitative estimate of drug-likeness (QED) is 0.621. The van der Waals surface area contributed by atoms with Crippen molar-refractivity contribution in [3.63, 3.8) is 0 Å². The van der Waals surface area contributed by atoms with Crippen LogP contribution in [-0.4, -0.2) is 42.7 Å². The molecule has 8 heteroatoms. The van der Waals surface area contributed by atoms with Crippen LogP contribution >= 0.6 is 0 Å². The largest absolute Gasteiger partial charge is 0.364 e. The first-order valence-corrected chi connectivity index (χ1v) is 7.08. The average Bonchev–Trinajstić information content (AvgIpc) is 2.39. The Morgan fingerprint density at radius 3 is 2.68 bits per heavy atom. The van der Waals surface area contributed by atoms with Crippen molar-refractivity contribution >= 4 is 17.3 Å². The van der Waals surface area contributed by atoms with Crippen molar-refractivity contribution in [3.05, 3.63) is 34.1 Å². The number of carbonyl (C=O) groups is 1. The molecule has 22 heavy (non-hydrogen) atoms. The molecule has 2 N–H and O–H groups in total. The first kappa shape index (κ1) is 16.3. The van der Waals surface area contributed by atoms with E-state index in [1.165, 1.54) is 6.07 Å². The third-order valence-corrected chi connectivity index (χ3v) is 3.46. The first-order chi connectivity index (χ1) is 10.3. The highest BCUT2D eigenvalue weighted by atomic mass is 19.1. The summed E-state index contributed by atoms with van der Waals surface area (Å²) < 4.78 is 18.7. The SMILES string of the molecule is C[C@@H]1C[NH+](CC(=O)Nc2ccc(F)cc2[N+](=O)[O-])C[C@H](C)O1. The molecule has 0 aromatic heterocycles. The fraction of sp³-hybridized carbons (Fsp3) is 0.500. The minimum absolute atomic E-state index is 0.00477. The van der Waals surface area contributed by atoms with Crippen LogP contribution in [0.2, 0.25) is 0 Å². The van der Waals surface area contributed by atoms with Crippen molar-refractivity contribution in [3.8, 4) is 0 Å². The predicted molar refractivity (Wildman–Crippen MR) is 77.3 cm³/mol. The Hall–Kier alpha value is -2.06. The van der Waals surface area contributed by atoms with Crippen LogP contribution < -0.4 is 10.2 Å². The second-order valence-electron chi connectivity index (χ2n) is 5.56. The van der Waals surface area contributed by atoms with Gasteiger partial charge in [-0.3, -0.25) is 14.9 Å². The summed E-state index contributed by atoms with van der Waals surface area (Å²) in [6, 6.07) is 3.07. The number of nitro benzene ring substituents is 1. The summed E-state index contributed by atoms with van der Waals surface area (Å²) in [5.41, 5.74) is -0.447. The molecular weight excluding hydrogens is 293 g/mol. The van der Waals surface area contributed by atoms with Crippen LogP contribution in [0.15, 0.2) is 18.2 Å². The second kappa shape index (κ2) is 6.80. The van der Waals surface area contributed by atoms with Gasteiger partial charge in [-0.25, -0.2) is 4.39 Å². The number of carbonyl (C=O) groups excluding carboxylic acids is 1. The van der Waals surface area contributed by atoms with Crippen molar-refractivity contribution in [1.29, 1.82) is 0 Å². The van der Waals surface area contributed by atoms with Gasteiger partial charge in [-0.2, -0.15) is 0 Å². The van der Waals surface area contributed by atoms with Crippen molar-refractivity contribution in [2.75, 3.05) is 25.0 Å². The van der Waals surface area contributed by atoms with Crippen LogP contribution in [0.5, 0.6) is 0 Å². The van der Waals surface area contributed by atoms with Gasteiger partial charge in [-0.15, -0.1) is 0 Å². The molecular formula is C14H19FN3O4+. The van der Waals surface area contributed by atoms with Gasteiger partial charge in [-0.1, -0.05) is 0 Å². The topological polar surface area (TPSA) is 85.9 Å². The Bertz CT molecular complexity index is 571. The molecule has 0 radical (unpaired) electrons. The number of morpholine rings is 1. The minimum atomic E-state index is -0.718. The molecule has 3 atom stereocenters. The lowest BCUT2D eigenvalue weighted by Crippen LogP contribution is -3.16. The highest BCUT2D eigenvalue weighted by Crippen LogP contribution is 2.24. The lowest BCUT2D eigenvalue weighted by Gasteiger charge is -2.31. The highest BCUT2D eigenvalue weighted by molar-refractivity contribution is 5.93. The molecule has 7 nitrogen and oxygen atoms in total. The van der Waals surface area contributed by atoms with E-state index in [9.17, 15) is 19.3 Å². The third kappa shape index (κ3) is 4.22. The number of anilines is 1. The summed E-state index contributed by atoms with van der Waals surface area (Å²) in [5, 5.41) is 13.4. The van der Waals surface area contributed by atoms with Gasteiger partial charge >= 0.3 is 0 Å². The Morgan fingerprint density at radius 2 is 2.09 bits per heavy atom. The molecule has 0 bridgehead atoms. The summed E-state index contributed by atoms with van der Waals surface area (Å²) in [4.78, 5) is 23.3. The second-order valence-corrected chi connectivity index (χ2v) is 5.56. The minimum Gasteiger partial charge on any atom is -0.364 e. The highest BCUT2D eigenvalue weighted by Gasteiger charge is 2.27. The molecule has 1 amide bonds. The van der Waals surface area contributed by atoms with E-state index in [4.69, 9.17) is 4.74 Å². The lowest BCUT2D eigenvalue weighted by molar-refractivity contribution is -0.907. The maximum atomic E-state index is 13.1. The van der Waals surface area contributed by atoms with Gasteiger partial charge in [0.25, 0.3) is 11.6 Å². The third-order valence-electron chi connectivity index (χ3n) is 3.46. The zero-order valence-electron chi connectivity index (χ0n) is 12.5. The van der Waals surface area contributed by atoms with E-state index in [2.05, 4.69) is 5.32 Å². The molecule has 0 saturated carbocycles. The van der Waals surface area contributed by atoms with E-state index >= 15 is 0 Å². The number of rotatable bonds is 4. The van der Waals surface area contributed by atoms with Gasteiger partial charge in [0.1, 0.15) is 36.8 Å². The molecule has 2 rings (SSSR count). The molecule has 1 aromatic carbocycles. The number of quaternary nitrogens is 1. The monoisotopic (exact) mass is 312 g/mol. The molecule has 0 spiro atoms. The summed E-state index contributed by atoms with van der Waals surface area (Å²) in [5.74, 6) is -1.06. The van der Waals surface area contributed by atoms with E-state index in [1.54, 1.807) is 0 Å². The van der Waals surface area contributed by atoms with Crippen molar-refractivity contribution in [1.82, 2.24) is 0 Å². The van der Waals surface area contributed by atoms with Crippen LogP contribution in [0.25, 0.3) is 0 Å². The molecule has 1 aliphatic heterocycles. The number of hydrogen-bond acceptors (Lipinski definition) is 4. The number of nitrogens with zero attached hydrogens (tertiary/aromatic N) is 1. The van der Waals surface area contributed by atoms with Gasteiger partial charge in [0.15, 0.2) is 6.54 Å². The van der Waals surface area contributed by atoms with E-state index < -0.39 is 16.4 Å². The lowest BCUT2D eigenvalue weighted by atomic mass is 10.2. The van der Waals surface area contributed by atoms with Crippen LogP contribution in [-0.2, 0) is 9.53 Å². The van der Waals surface area contributed by atoms with Gasteiger partial charge in [0.2, 0.25) is 0 Å². The van der Waals surface area contributed by atoms with Crippen LogP contribution in [0.3, 0.4) is 0 Å². The predicted octanol–water partition coefficient (Wildman–Crippen LogP) is 0.365. The average molecular weight is 312 g/mol. The molecule has 1 aromatic rings. The number of ether oxygens (including phenoxy) is 1. The Labute approximate surface area is 127 Å². The van der Waals surface area contributed by atoms with Gasteiger partial charge in [0, 0.05) is 0 Å². The van der Waals surface area contributed by atoms with E-state index in [-0.39, 0.29) is 30.3 Å². The molecule has 0 aliphatic carbocycles. The van der Waals surface area contributed by atoms with Crippen LogP contribution in [0.4, 0.5) is 15.8 Å². The number of halogens is 1. The summed E-state index contributed by atoms with van der Waals surface area (Å²) >= 11 is 0. The Balaban J connectivity index is 2.02. The Morgan fingerprint density at radius 1 is 1.45 bits per heavy atom. The standard InChI is InChI=1S/C14H18FN3O4/c1-9-6-17(7-10(2)22-9)8-14(19)16-12-4-3-11(15)5-13(12)18(20)21/h3-5,9-10H,6-8H2,1-2H3,(H,16,19)/p+1/t9-,10+. The number of nitrogens with one attached hydrogen (secondary N) is 2. The first-order valence-electron chi connectivity index (χ1n) is 7.08. The number of benzene rings is 1. The van der Waals surface area contributed by atoms with Crippen molar-refractivity contribution in [2.24, 2.45) is 0 Å². The van der Waals surface area contributed by atoms with Crippen molar-refractivity contribution in [2.45, 2.75) is 26.1 Å². The van der Waals surface area contributed by atoms with Crippen molar-refractivity contribution < 1.29 is 23.7 Å². The summed E-state index contributed by atoms with van der Waals surface area (Å²) in [7, 11) is 0. The van der Waals surface area contributed by atoms with Gasteiger partial charge in [0.05, 0.1) is 11.0 Å².